The van der Waals surface area contributed by atoms with Gasteiger partial charge in [-0.1, -0.05) is 72.3 Å². The Morgan fingerprint density at radius 2 is 1.89 bits per heavy atom. The van der Waals surface area contributed by atoms with Gasteiger partial charge >= 0.3 is 5.97 Å². The van der Waals surface area contributed by atoms with Gasteiger partial charge in [-0.2, -0.15) is 0 Å². The number of benzene rings is 1. The number of allylic oxidation sites excluding steroid dienone is 1. The maximum absolute atomic E-state index is 14.6. The van der Waals surface area contributed by atoms with Gasteiger partial charge in [0, 0.05) is 23.3 Å². The summed E-state index contributed by atoms with van der Waals surface area (Å²) in [6.45, 7) is 16.9. The Morgan fingerprint density at radius 3 is 2.46 bits per heavy atom. The van der Waals surface area contributed by atoms with Crippen LogP contribution in [0.25, 0.3) is 0 Å². The van der Waals surface area contributed by atoms with E-state index in [4.69, 9.17) is 9.47 Å². The Kier molecular flexibility index (Phi) is 11.2. The average Bonchev–Trinajstić information content (AvgIpc) is 3.60. The van der Waals surface area contributed by atoms with Gasteiger partial charge < -0.3 is 29.7 Å². The summed E-state index contributed by atoms with van der Waals surface area (Å²) in [5.74, 6) is -3.75. The van der Waals surface area contributed by atoms with Crippen molar-refractivity contribution in [3.63, 3.8) is 0 Å². The number of amides is 3. The molecule has 3 aliphatic heterocycles. The van der Waals surface area contributed by atoms with Crippen molar-refractivity contribution in [3.05, 3.63) is 61.2 Å². The molecule has 1 spiro atoms. The Labute approximate surface area is 280 Å². The molecule has 0 aliphatic carbocycles. The first-order valence-electron chi connectivity index (χ1n) is 16.0. The third-order valence-corrected chi connectivity index (χ3v) is 10.3. The lowest BCUT2D eigenvalue weighted by Gasteiger charge is -2.44. The molecule has 0 aromatic heterocycles. The van der Waals surface area contributed by atoms with Gasteiger partial charge in [0.1, 0.15) is 17.7 Å². The van der Waals surface area contributed by atoms with Crippen molar-refractivity contribution < 1.29 is 33.8 Å². The quantitative estimate of drug-likeness (QED) is 0.171. The lowest BCUT2D eigenvalue weighted by Crippen LogP contribution is -2.62. The normalized spacial score (nSPS) is 28.0. The molecule has 3 aliphatic rings. The fourth-order valence-corrected chi connectivity index (χ4v) is 8.15. The van der Waals surface area contributed by atoms with Crippen LogP contribution in [0.15, 0.2) is 55.6 Å². The number of carbonyl (C=O) groups excluding carboxylic acids is 4. The molecule has 3 saturated heterocycles. The number of ether oxygens (including phenoxy) is 2. The summed E-state index contributed by atoms with van der Waals surface area (Å²) < 4.78 is 12.8. The highest BCUT2D eigenvalue weighted by molar-refractivity contribution is 9.09. The van der Waals surface area contributed by atoms with E-state index in [0.29, 0.717) is 18.4 Å². The number of likely N-dealkylation sites (tertiary alicyclic amines) is 1. The molecule has 1 aromatic rings. The van der Waals surface area contributed by atoms with Crippen LogP contribution in [0, 0.1) is 17.8 Å². The third-order valence-electron chi connectivity index (χ3n) is 9.42. The van der Waals surface area contributed by atoms with E-state index in [1.54, 1.807) is 17.1 Å². The molecule has 3 fully saturated rings. The van der Waals surface area contributed by atoms with Gasteiger partial charge in [0.15, 0.2) is 0 Å². The van der Waals surface area contributed by atoms with Gasteiger partial charge in [-0.25, -0.2) is 0 Å². The minimum absolute atomic E-state index is 0.0424. The number of hydrogen-bond acceptors (Lipinski definition) is 7. The summed E-state index contributed by atoms with van der Waals surface area (Å²) in [6.07, 6.45) is 2.87. The number of nitrogens with one attached hydrogen (secondary N) is 1. The first kappa shape index (κ1) is 35.8. The molecule has 8 atom stereocenters. The van der Waals surface area contributed by atoms with E-state index in [1.165, 1.54) is 4.90 Å². The summed E-state index contributed by atoms with van der Waals surface area (Å²) in [5.41, 5.74) is -1.24. The van der Waals surface area contributed by atoms with E-state index in [0.717, 1.165) is 0 Å². The maximum Gasteiger partial charge on any atom is 0.313 e. The van der Waals surface area contributed by atoms with Crippen LogP contribution < -0.4 is 5.32 Å². The molecule has 0 saturated carbocycles. The topological polar surface area (TPSA) is 125 Å². The minimum atomic E-state index is -1.31. The van der Waals surface area contributed by atoms with Crippen LogP contribution in [-0.4, -0.2) is 92.4 Å². The van der Waals surface area contributed by atoms with Gasteiger partial charge in [-0.15, -0.1) is 13.2 Å². The zero-order valence-corrected chi connectivity index (χ0v) is 29.1. The third kappa shape index (κ3) is 6.69. The second-order valence-corrected chi connectivity index (χ2v) is 15.0. The van der Waals surface area contributed by atoms with Gasteiger partial charge in [0.05, 0.1) is 37.1 Å². The minimum Gasteiger partial charge on any atom is -0.455 e. The maximum atomic E-state index is 14.6. The van der Waals surface area contributed by atoms with Gasteiger partial charge in [0.2, 0.25) is 17.7 Å². The van der Waals surface area contributed by atoms with Crippen LogP contribution in [0.4, 0.5) is 0 Å². The number of hydrogen-bond donors (Lipinski definition) is 2. The molecule has 1 aromatic carbocycles. The Morgan fingerprint density at radius 1 is 1.22 bits per heavy atom. The summed E-state index contributed by atoms with van der Waals surface area (Å²) in [6, 6.07) is 7.36. The molecule has 11 heteroatoms. The van der Waals surface area contributed by atoms with Crippen molar-refractivity contribution in [2.45, 2.75) is 94.1 Å². The van der Waals surface area contributed by atoms with Crippen LogP contribution in [0.2, 0.25) is 0 Å². The second kappa shape index (κ2) is 14.4. The van der Waals surface area contributed by atoms with Crippen molar-refractivity contribution in [1.29, 1.82) is 0 Å². The van der Waals surface area contributed by atoms with Gasteiger partial charge in [-0.3, -0.25) is 19.2 Å². The molecule has 46 heavy (non-hydrogen) atoms. The van der Waals surface area contributed by atoms with E-state index in [-0.39, 0.29) is 48.7 Å². The molecule has 3 amide bonds. The Bertz CT molecular complexity index is 1310. The van der Waals surface area contributed by atoms with Crippen molar-refractivity contribution in [1.82, 2.24) is 15.1 Å². The lowest BCUT2D eigenvalue weighted by atomic mass is 9.70. The molecular formula is C35H48BrN3O7. The number of aliphatic hydroxyl groups is 1. The van der Waals surface area contributed by atoms with Crippen LogP contribution in [0.5, 0.6) is 0 Å². The average molecular weight is 703 g/mol. The first-order valence-corrected chi connectivity index (χ1v) is 16.9. The van der Waals surface area contributed by atoms with Gasteiger partial charge in [-0.05, 0) is 45.1 Å². The van der Waals surface area contributed by atoms with Crippen molar-refractivity contribution in [2.24, 2.45) is 17.8 Å². The summed E-state index contributed by atoms with van der Waals surface area (Å²) in [4.78, 5) is 58.7. The van der Waals surface area contributed by atoms with E-state index >= 15 is 0 Å². The van der Waals surface area contributed by atoms with E-state index in [2.05, 4.69) is 34.4 Å². The number of carbonyl (C=O) groups is 4. The number of halogens is 1. The molecule has 2 N–H and O–H groups in total. The number of esters is 1. The first-order chi connectivity index (χ1) is 21.7. The Hall–Kier alpha value is -3.02. The summed E-state index contributed by atoms with van der Waals surface area (Å²) >= 11 is 3.71. The zero-order chi connectivity index (χ0) is 34.0. The molecular weight excluding hydrogens is 654 g/mol. The number of fused-ring (bicyclic) bond motifs is 1. The SMILES string of the molecule is C=CCCC(=O)NC[C@@H](OC(=O)[C@@H]1[C@H]2O[C@@]3(CC2Br)[C@H](C(=O)N(CC=C)C(C)(C)C)N([C@@H](CO)C(C)C)C(=O)[C@@H]13)c1ccccc1. The second-order valence-electron chi connectivity index (χ2n) is 13.8. The summed E-state index contributed by atoms with van der Waals surface area (Å²) in [5, 5.41) is 13.4. The predicted octanol–water partition coefficient (Wildman–Crippen LogP) is 3.93. The molecule has 4 rings (SSSR count). The van der Waals surface area contributed by atoms with Crippen molar-refractivity contribution in [3.8, 4) is 0 Å². The fourth-order valence-electron chi connectivity index (χ4n) is 7.21. The lowest BCUT2D eigenvalue weighted by molar-refractivity contribution is -0.161. The van der Waals surface area contributed by atoms with Gasteiger partial charge in [0.25, 0.3) is 0 Å². The molecule has 1 unspecified atom stereocenters. The molecule has 10 nitrogen and oxygen atoms in total. The molecule has 3 heterocycles. The smallest absolute Gasteiger partial charge is 0.313 e. The zero-order valence-electron chi connectivity index (χ0n) is 27.5. The van der Waals surface area contributed by atoms with E-state index < -0.39 is 59.1 Å². The molecule has 2 bridgehead atoms. The molecule has 252 valence electrons. The van der Waals surface area contributed by atoms with Crippen molar-refractivity contribution in [2.75, 3.05) is 19.7 Å². The highest BCUT2D eigenvalue weighted by Crippen LogP contribution is 2.61. The fraction of sp³-hybridized carbons (Fsp3) is 0.600. The van der Waals surface area contributed by atoms with Crippen LogP contribution in [-0.2, 0) is 28.7 Å². The summed E-state index contributed by atoms with van der Waals surface area (Å²) in [7, 11) is 0. The van der Waals surface area contributed by atoms with Crippen LogP contribution in [0.1, 0.15) is 65.5 Å². The van der Waals surface area contributed by atoms with Crippen LogP contribution in [0.3, 0.4) is 0 Å². The number of nitrogens with zero attached hydrogens (tertiary/aromatic N) is 2. The molecule has 0 radical (unpaired) electrons. The Balaban J connectivity index is 1.73. The van der Waals surface area contributed by atoms with Crippen molar-refractivity contribution >= 4 is 39.6 Å². The number of alkyl halides is 1. The number of rotatable bonds is 14. The van der Waals surface area contributed by atoms with Crippen LogP contribution >= 0.6 is 15.9 Å². The number of aliphatic hydroxyl groups excluding tert-OH is 1. The highest BCUT2D eigenvalue weighted by Gasteiger charge is 2.78. The monoisotopic (exact) mass is 701 g/mol. The van der Waals surface area contributed by atoms with E-state index in [9.17, 15) is 24.3 Å². The van der Waals surface area contributed by atoms with E-state index in [1.807, 2.05) is 65.0 Å². The standard InChI is InChI=1S/C35H48BrN3O7/c1-8-10-16-26(41)37-19-25(22-14-12-11-13-15-22)45-33(44)27-28-31(42)39(24(20-40)21(3)4)30(35(28)18-23(36)29(27)46-35)32(43)38(17-9-2)34(5,6)7/h8-9,11-15,21,23-25,27-30,40H,1-2,10,16-20H2,3-7H3,(H,37,41)/t23?,24-,25+,27-,28+,29-,30-,35+/m0/s1. The highest BCUT2D eigenvalue weighted by atomic mass is 79.9. The largest absolute Gasteiger partial charge is 0.455 e. The predicted molar refractivity (Wildman–Crippen MR) is 178 cm³/mol.